The molecule has 0 unspecified atom stereocenters. The largest absolute Gasteiger partial charge is 0.394 e. The number of hydrogen-bond donors (Lipinski definition) is 12. The van der Waals surface area contributed by atoms with E-state index in [4.69, 9.17) is 28.4 Å². The molecule has 466 valence electrons. The predicted molar refractivity (Wildman–Crippen MR) is 300 cm³/mol. The van der Waals surface area contributed by atoms with Crippen LogP contribution in [0.15, 0.2) is 12.2 Å². The van der Waals surface area contributed by atoms with E-state index in [0.29, 0.717) is 12.8 Å². The van der Waals surface area contributed by atoms with Gasteiger partial charge in [0.1, 0.15) is 73.2 Å². The lowest BCUT2D eigenvalue weighted by molar-refractivity contribution is -0.392. The molecular formula is C60H113NO18. The van der Waals surface area contributed by atoms with Crippen molar-refractivity contribution in [3.63, 3.8) is 0 Å². The average molecular weight is 1140 g/mol. The number of rotatable bonds is 47. The maximum atomic E-state index is 13.6. The molecule has 0 aromatic rings. The lowest BCUT2D eigenvalue weighted by Crippen LogP contribution is -2.67. The number of ether oxygens (including phenoxy) is 6. The Hall–Kier alpha value is -1.47. The van der Waals surface area contributed by atoms with E-state index < -0.39 is 131 Å². The van der Waals surface area contributed by atoms with Crippen LogP contribution >= 0.6 is 0 Å². The van der Waals surface area contributed by atoms with Crippen molar-refractivity contribution in [2.24, 2.45) is 0 Å². The number of aliphatic hydroxyl groups excluding tert-OH is 11. The minimum Gasteiger partial charge on any atom is -0.394 e. The van der Waals surface area contributed by atoms with E-state index in [1.165, 1.54) is 154 Å². The van der Waals surface area contributed by atoms with E-state index in [9.17, 15) is 61.0 Å². The number of allylic oxidation sites excluding steroid dienone is 1. The van der Waals surface area contributed by atoms with Crippen molar-refractivity contribution < 1.29 is 89.4 Å². The molecule has 3 heterocycles. The Morgan fingerprint density at radius 1 is 0.443 bits per heavy atom. The SMILES string of the molecule is CCCCCCCCCCCCC/C=C/[C@@H](O)[C@H](CO[C@@H]1O[C@H](CO)[C@@H](O)[C@H](O[C@H]2O[C@H](CO)[C@@H](O)[C@H](O)[C@@H]2O)[C@H]1O[C@@H]1O[C@H](CO)[C@@H](O)[C@H](O)[C@@H]1O)NC(=O)CCCCCCCCCCCCCCCCCCCCCCC. The number of carbonyl (C=O) groups is 1. The Kier molecular flexibility index (Phi) is 40.1. The molecule has 0 bridgehead atoms. The molecule has 0 saturated carbocycles. The second-order valence-electron chi connectivity index (χ2n) is 22.9. The summed E-state index contributed by atoms with van der Waals surface area (Å²) in [5.74, 6) is -0.324. The van der Waals surface area contributed by atoms with Crippen LogP contribution in [0.4, 0.5) is 0 Å². The molecular weight excluding hydrogens is 1020 g/mol. The highest BCUT2D eigenvalue weighted by Gasteiger charge is 2.54. The van der Waals surface area contributed by atoms with Crippen molar-refractivity contribution >= 4 is 5.91 Å². The summed E-state index contributed by atoms with van der Waals surface area (Å²) in [4.78, 5) is 13.6. The number of hydrogen-bond acceptors (Lipinski definition) is 18. The zero-order chi connectivity index (χ0) is 57.6. The van der Waals surface area contributed by atoms with Gasteiger partial charge in [0.25, 0.3) is 0 Å². The molecule has 3 saturated heterocycles. The maximum Gasteiger partial charge on any atom is 0.220 e. The van der Waals surface area contributed by atoms with Crippen LogP contribution in [0.1, 0.15) is 232 Å². The van der Waals surface area contributed by atoms with Gasteiger partial charge >= 0.3 is 0 Å². The van der Waals surface area contributed by atoms with Crippen molar-refractivity contribution in [2.75, 3.05) is 26.4 Å². The van der Waals surface area contributed by atoms with E-state index in [1.807, 2.05) is 6.08 Å². The van der Waals surface area contributed by atoms with Gasteiger partial charge in [-0.15, -0.1) is 0 Å². The van der Waals surface area contributed by atoms with Crippen molar-refractivity contribution in [2.45, 2.75) is 336 Å². The van der Waals surface area contributed by atoms with Crippen LogP contribution in [0.3, 0.4) is 0 Å². The number of carbonyl (C=O) groups excluding carboxylic acids is 1. The molecule has 19 heteroatoms. The zero-order valence-electron chi connectivity index (χ0n) is 48.6. The fraction of sp³-hybridized carbons (Fsp3) is 0.950. The second kappa shape index (κ2) is 44.1. The van der Waals surface area contributed by atoms with Crippen molar-refractivity contribution in [3.8, 4) is 0 Å². The molecule has 19 nitrogen and oxygen atoms in total. The third kappa shape index (κ3) is 27.9. The quantitative estimate of drug-likeness (QED) is 0.0240. The van der Waals surface area contributed by atoms with E-state index in [1.54, 1.807) is 6.08 Å². The fourth-order valence-corrected chi connectivity index (χ4v) is 10.9. The first-order chi connectivity index (χ1) is 38.3. The highest BCUT2D eigenvalue weighted by Crippen LogP contribution is 2.34. The molecule has 3 rings (SSSR count). The fourth-order valence-electron chi connectivity index (χ4n) is 10.9. The first-order valence-corrected chi connectivity index (χ1v) is 31.4. The van der Waals surface area contributed by atoms with E-state index in [-0.39, 0.29) is 12.3 Å². The highest BCUT2D eigenvalue weighted by molar-refractivity contribution is 5.76. The molecule has 0 spiro atoms. The number of amides is 1. The second-order valence-corrected chi connectivity index (χ2v) is 22.9. The van der Waals surface area contributed by atoms with Crippen LogP contribution in [-0.2, 0) is 33.2 Å². The molecule has 17 atom stereocenters. The molecule has 3 aliphatic heterocycles. The summed E-state index contributed by atoms with van der Waals surface area (Å²) in [6.07, 6.45) is 16.1. The number of nitrogens with one attached hydrogen (secondary N) is 1. The van der Waals surface area contributed by atoms with Gasteiger partial charge < -0.3 is 89.9 Å². The van der Waals surface area contributed by atoms with Gasteiger partial charge in [0.15, 0.2) is 18.9 Å². The zero-order valence-corrected chi connectivity index (χ0v) is 48.6. The maximum absolute atomic E-state index is 13.6. The van der Waals surface area contributed by atoms with Gasteiger partial charge in [0.05, 0.1) is 38.6 Å². The van der Waals surface area contributed by atoms with Gasteiger partial charge in [-0.1, -0.05) is 219 Å². The summed E-state index contributed by atoms with van der Waals surface area (Å²) in [7, 11) is 0. The third-order valence-electron chi connectivity index (χ3n) is 16.1. The Morgan fingerprint density at radius 3 is 1.18 bits per heavy atom. The summed E-state index contributed by atoms with van der Waals surface area (Å²) < 4.78 is 35.5. The van der Waals surface area contributed by atoms with Gasteiger partial charge in [0.2, 0.25) is 5.91 Å². The summed E-state index contributed by atoms with van der Waals surface area (Å²) in [6, 6.07) is -1.07. The van der Waals surface area contributed by atoms with E-state index >= 15 is 0 Å². The minimum absolute atomic E-state index is 0.196. The Bertz CT molecular complexity index is 1500. The van der Waals surface area contributed by atoms with Crippen LogP contribution in [0.2, 0.25) is 0 Å². The van der Waals surface area contributed by atoms with Crippen molar-refractivity contribution in [1.29, 1.82) is 0 Å². The molecule has 79 heavy (non-hydrogen) atoms. The van der Waals surface area contributed by atoms with Crippen LogP contribution in [-0.4, -0.2) is 193 Å². The van der Waals surface area contributed by atoms with Gasteiger partial charge in [-0.3, -0.25) is 4.79 Å². The standard InChI is InChI=1S/C60H113NO18/c1-3-5-7-9-11-13-15-17-18-19-20-21-22-23-24-26-28-30-32-34-36-38-48(66)61-43(44(65)37-35-33-31-29-27-25-16-14-12-10-8-6-4-2)42-74-60-57(79-59-55(73)53(71)50(68)46(40-63)76-59)56(51(69)47(41-64)77-60)78-58-54(72)52(70)49(67)45(39-62)75-58/h35,37,43-47,49-60,62-65,67-73H,3-34,36,38-42H2,1-2H3,(H,61,66)/b37-35+/t43-,44+,45+,46+,47+,49+,50+,51+,52-,53-,54-,55-,56-,57+,58+,59-,60+/m0/s1. The van der Waals surface area contributed by atoms with Crippen molar-refractivity contribution in [1.82, 2.24) is 5.32 Å². The van der Waals surface area contributed by atoms with E-state index in [0.717, 1.165) is 44.9 Å². The summed E-state index contributed by atoms with van der Waals surface area (Å²) in [5, 5.41) is 120. The molecule has 12 N–H and O–H groups in total. The third-order valence-corrected chi connectivity index (χ3v) is 16.1. The first kappa shape index (κ1) is 71.8. The van der Waals surface area contributed by atoms with Gasteiger partial charge in [-0.05, 0) is 19.3 Å². The monoisotopic (exact) mass is 1140 g/mol. The van der Waals surface area contributed by atoms with Crippen LogP contribution in [0, 0.1) is 0 Å². The normalized spacial score (nSPS) is 30.3. The predicted octanol–water partition coefficient (Wildman–Crippen LogP) is 6.16. The molecule has 3 fully saturated rings. The van der Waals surface area contributed by atoms with Gasteiger partial charge in [-0.2, -0.15) is 0 Å². The Labute approximate surface area is 474 Å². The summed E-state index contributed by atoms with van der Waals surface area (Å²) in [6.45, 7) is 1.60. The van der Waals surface area contributed by atoms with Crippen molar-refractivity contribution in [3.05, 3.63) is 12.2 Å². The molecule has 0 radical (unpaired) electrons. The lowest BCUT2D eigenvalue weighted by Gasteiger charge is -2.49. The summed E-state index contributed by atoms with van der Waals surface area (Å²) >= 11 is 0. The molecule has 1 amide bonds. The lowest BCUT2D eigenvalue weighted by atomic mass is 9.96. The topological polar surface area (TPSA) is 307 Å². The van der Waals surface area contributed by atoms with Gasteiger partial charge in [0, 0.05) is 6.42 Å². The first-order valence-electron chi connectivity index (χ1n) is 31.4. The smallest absolute Gasteiger partial charge is 0.220 e. The number of aliphatic hydroxyl groups is 11. The molecule has 0 aromatic carbocycles. The highest BCUT2D eigenvalue weighted by atomic mass is 16.8. The Morgan fingerprint density at radius 2 is 0.785 bits per heavy atom. The minimum atomic E-state index is -1.96. The van der Waals surface area contributed by atoms with Gasteiger partial charge in [-0.25, -0.2) is 0 Å². The van der Waals surface area contributed by atoms with Crippen LogP contribution in [0.25, 0.3) is 0 Å². The van der Waals surface area contributed by atoms with E-state index in [2.05, 4.69) is 19.2 Å². The molecule has 3 aliphatic rings. The number of unbranched alkanes of at least 4 members (excludes halogenated alkanes) is 31. The summed E-state index contributed by atoms with van der Waals surface area (Å²) in [5.41, 5.74) is 0. The average Bonchev–Trinajstić information content (AvgIpc) is 3.45. The molecule has 0 aliphatic carbocycles. The van der Waals surface area contributed by atoms with Crippen LogP contribution < -0.4 is 5.32 Å². The Balaban J connectivity index is 1.62. The van der Waals surface area contributed by atoms with Crippen LogP contribution in [0.5, 0.6) is 0 Å². The molecule has 0 aromatic heterocycles.